The van der Waals surface area contributed by atoms with E-state index in [-0.39, 0.29) is 42.7 Å². The highest BCUT2D eigenvalue weighted by molar-refractivity contribution is 5.94. The maximum atomic E-state index is 13.9. The predicted molar refractivity (Wildman–Crippen MR) is 115 cm³/mol. The molecule has 2 amide bonds. The number of nitrogens with one attached hydrogen (secondary N) is 1. The SMILES string of the molecule is O=C(c1cc2n(n1)[C@@H](C(F)(F)F)C[C@H](c1ccccc1)N2)N1CCN(C(=O)c2ccco2)CC1. The molecule has 1 aromatic carbocycles. The molecule has 0 unspecified atom stereocenters. The number of rotatable bonds is 3. The molecule has 3 aromatic rings. The van der Waals surface area contributed by atoms with E-state index in [0.29, 0.717) is 13.1 Å². The van der Waals surface area contributed by atoms with Crippen LogP contribution < -0.4 is 5.32 Å². The zero-order valence-corrected chi connectivity index (χ0v) is 18.0. The fourth-order valence-electron chi connectivity index (χ4n) is 4.41. The van der Waals surface area contributed by atoms with Crippen molar-refractivity contribution in [3.8, 4) is 0 Å². The molecule has 4 heterocycles. The molecular formula is C23H22F3N5O3. The van der Waals surface area contributed by atoms with Crippen molar-refractivity contribution in [2.75, 3.05) is 31.5 Å². The molecule has 0 radical (unpaired) electrons. The molecule has 1 N–H and O–H groups in total. The number of carbonyl (C=O) groups excluding carboxylic acids is 2. The number of anilines is 1. The van der Waals surface area contributed by atoms with Crippen molar-refractivity contribution in [2.45, 2.75) is 24.7 Å². The molecule has 0 saturated carbocycles. The van der Waals surface area contributed by atoms with Gasteiger partial charge in [0.2, 0.25) is 0 Å². The predicted octanol–water partition coefficient (Wildman–Crippen LogP) is 3.73. The van der Waals surface area contributed by atoms with Crippen molar-refractivity contribution in [2.24, 2.45) is 0 Å². The van der Waals surface area contributed by atoms with Gasteiger partial charge in [-0.1, -0.05) is 30.3 Å². The van der Waals surface area contributed by atoms with Gasteiger partial charge in [-0.15, -0.1) is 0 Å². The molecule has 0 aliphatic carbocycles. The van der Waals surface area contributed by atoms with Crippen LogP contribution in [-0.4, -0.2) is 63.7 Å². The zero-order valence-electron chi connectivity index (χ0n) is 18.0. The summed E-state index contributed by atoms with van der Waals surface area (Å²) in [5.41, 5.74) is 0.672. The summed E-state index contributed by atoms with van der Waals surface area (Å²) < 4.78 is 47.6. The lowest BCUT2D eigenvalue weighted by Gasteiger charge is -2.34. The van der Waals surface area contributed by atoms with Crippen LogP contribution in [0.5, 0.6) is 0 Å². The van der Waals surface area contributed by atoms with Crippen LogP contribution in [0.15, 0.2) is 59.2 Å². The lowest BCUT2D eigenvalue weighted by Crippen LogP contribution is -2.50. The van der Waals surface area contributed by atoms with Gasteiger partial charge in [0, 0.05) is 38.7 Å². The molecule has 2 aliphatic heterocycles. The van der Waals surface area contributed by atoms with E-state index in [0.717, 1.165) is 10.2 Å². The van der Waals surface area contributed by atoms with Crippen LogP contribution in [-0.2, 0) is 0 Å². The number of hydrogen-bond donors (Lipinski definition) is 1. The first-order valence-corrected chi connectivity index (χ1v) is 10.9. The molecule has 178 valence electrons. The minimum Gasteiger partial charge on any atom is -0.459 e. The van der Waals surface area contributed by atoms with Gasteiger partial charge in [-0.25, -0.2) is 4.68 Å². The van der Waals surface area contributed by atoms with Crippen molar-refractivity contribution in [1.82, 2.24) is 19.6 Å². The highest BCUT2D eigenvalue weighted by Gasteiger charge is 2.47. The van der Waals surface area contributed by atoms with E-state index in [1.807, 2.05) is 0 Å². The van der Waals surface area contributed by atoms with Gasteiger partial charge in [0.25, 0.3) is 11.8 Å². The highest BCUT2D eigenvalue weighted by Crippen LogP contribution is 2.43. The fourth-order valence-corrected chi connectivity index (χ4v) is 4.41. The minimum atomic E-state index is -4.52. The Morgan fingerprint density at radius 1 is 0.971 bits per heavy atom. The number of piperazine rings is 1. The number of benzene rings is 1. The maximum absolute atomic E-state index is 13.9. The summed E-state index contributed by atoms with van der Waals surface area (Å²) in [4.78, 5) is 28.5. The van der Waals surface area contributed by atoms with Gasteiger partial charge in [0.05, 0.1) is 12.3 Å². The Hall–Kier alpha value is -3.76. The number of alkyl halides is 3. The molecule has 11 heteroatoms. The Balaban J connectivity index is 1.33. The number of carbonyl (C=O) groups is 2. The van der Waals surface area contributed by atoms with Crippen LogP contribution in [0.1, 0.15) is 45.1 Å². The molecular weight excluding hydrogens is 451 g/mol. The average Bonchev–Trinajstić information content (AvgIpc) is 3.53. The Bertz CT molecular complexity index is 1170. The van der Waals surface area contributed by atoms with Crippen molar-refractivity contribution >= 4 is 17.6 Å². The second-order valence-corrected chi connectivity index (χ2v) is 8.32. The lowest BCUT2D eigenvalue weighted by molar-refractivity contribution is -0.173. The van der Waals surface area contributed by atoms with Crippen LogP contribution in [0.4, 0.5) is 19.0 Å². The molecule has 2 atom stereocenters. The molecule has 2 aromatic heterocycles. The third-order valence-corrected chi connectivity index (χ3v) is 6.20. The van der Waals surface area contributed by atoms with E-state index >= 15 is 0 Å². The molecule has 2 aliphatic rings. The van der Waals surface area contributed by atoms with Crippen molar-refractivity contribution in [3.63, 3.8) is 0 Å². The zero-order chi connectivity index (χ0) is 23.9. The third kappa shape index (κ3) is 4.13. The van der Waals surface area contributed by atoms with Crippen LogP contribution in [0.25, 0.3) is 0 Å². The molecule has 5 rings (SSSR count). The number of fused-ring (bicyclic) bond motifs is 1. The summed E-state index contributed by atoms with van der Waals surface area (Å²) in [6.45, 7) is 1.07. The van der Waals surface area contributed by atoms with Gasteiger partial charge in [-0.2, -0.15) is 18.3 Å². The molecule has 0 bridgehead atoms. The van der Waals surface area contributed by atoms with Gasteiger partial charge < -0.3 is 19.5 Å². The number of hydrogen-bond acceptors (Lipinski definition) is 5. The van der Waals surface area contributed by atoms with E-state index in [4.69, 9.17) is 4.42 Å². The van der Waals surface area contributed by atoms with Crippen LogP contribution >= 0.6 is 0 Å². The Morgan fingerprint density at radius 2 is 1.65 bits per heavy atom. The van der Waals surface area contributed by atoms with Crippen molar-refractivity contribution < 1.29 is 27.2 Å². The third-order valence-electron chi connectivity index (χ3n) is 6.20. The standard InChI is InChI=1S/C23H22F3N5O3/c24-23(25,26)19-13-16(15-5-2-1-3-6-15)27-20-14-17(28-31(19)20)21(32)29-8-10-30(11-9-29)22(33)18-7-4-12-34-18/h1-7,12,14,16,19,27H,8-11,13H2/t16-,19-/m1/s1. The summed E-state index contributed by atoms with van der Waals surface area (Å²) in [7, 11) is 0. The normalized spacial score (nSPS) is 20.6. The van der Waals surface area contributed by atoms with Gasteiger partial charge in [0.15, 0.2) is 17.5 Å². The number of furan rings is 1. The van der Waals surface area contributed by atoms with Gasteiger partial charge in [0.1, 0.15) is 5.82 Å². The number of nitrogens with zero attached hydrogens (tertiary/aromatic N) is 4. The van der Waals surface area contributed by atoms with Crippen molar-refractivity contribution in [1.29, 1.82) is 0 Å². The average molecular weight is 473 g/mol. The first-order valence-electron chi connectivity index (χ1n) is 10.9. The van der Waals surface area contributed by atoms with E-state index in [9.17, 15) is 22.8 Å². The van der Waals surface area contributed by atoms with E-state index in [2.05, 4.69) is 10.4 Å². The van der Waals surface area contributed by atoms with E-state index in [1.165, 1.54) is 17.2 Å². The van der Waals surface area contributed by atoms with Crippen LogP contribution in [0.3, 0.4) is 0 Å². The van der Waals surface area contributed by atoms with Crippen LogP contribution in [0.2, 0.25) is 0 Å². The monoisotopic (exact) mass is 473 g/mol. The summed E-state index contributed by atoms with van der Waals surface area (Å²) in [6.07, 6.45) is -3.34. The number of halogens is 3. The molecule has 8 nitrogen and oxygen atoms in total. The molecule has 1 saturated heterocycles. The molecule has 0 spiro atoms. The Labute approximate surface area is 192 Å². The Kier molecular flexibility index (Phi) is 5.54. The lowest BCUT2D eigenvalue weighted by atomic mass is 9.97. The first kappa shape index (κ1) is 22.1. The van der Waals surface area contributed by atoms with Gasteiger partial charge in [-0.3, -0.25) is 9.59 Å². The molecule has 1 fully saturated rings. The largest absolute Gasteiger partial charge is 0.459 e. The van der Waals surface area contributed by atoms with Crippen LogP contribution in [0, 0.1) is 0 Å². The van der Waals surface area contributed by atoms with Gasteiger partial charge >= 0.3 is 6.18 Å². The number of aromatic nitrogens is 2. The summed E-state index contributed by atoms with van der Waals surface area (Å²) in [5, 5.41) is 7.14. The number of amides is 2. The fraction of sp³-hybridized carbons (Fsp3) is 0.348. The summed E-state index contributed by atoms with van der Waals surface area (Å²) in [6, 6.07) is 11.1. The quantitative estimate of drug-likeness (QED) is 0.627. The van der Waals surface area contributed by atoms with E-state index < -0.39 is 24.2 Å². The smallest absolute Gasteiger partial charge is 0.410 e. The highest BCUT2D eigenvalue weighted by atomic mass is 19.4. The minimum absolute atomic E-state index is 0.0590. The Morgan fingerprint density at radius 3 is 2.26 bits per heavy atom. The summed E-state index contributed by atoms with van der Waals surface area (Å²) in [5.74, 6) is -0.360. The summed E-state index contributed by atoms with van der Waals surface area (Å²) >= 11 is 0. The maximum Gasteiger partial charge on any atom is 0.410 e. The first-order chi connectivity index (χ1) is 16.3. The molecule has 34 heavy (non-hydrogen) atoms. The van der Waals surface area contributed by atoms with Gasteiger partial charge in [-0.05, 0) is 17.7 Å². The second-order valence-electron chi connectivity index (χ2n) is 8.32. The van der Waals surface area contributed by atoms with E-state index in [1.54, 1.807) is 47.4 Å². The van der Waals surface area contributed by atoms with Crippen molar-refractivity contribution in [3.05, 3.63) is 71.8 Å². The second kappa shape index (κ2) is 8.54. The topological polar surface area (TPSA) is 83.6 Å².